The van der Waals surface area contributed by atoms with Crippen molar-refractivity contribution in [3.05, 3.63) is 113 Å². The van der Waals surface area contributed by atoms with Gasteiger partial charge in [0.15, 0.2) is 5.78 Å². The lowest BCUT2D eigenvalue weighted by Crippen LogP contribution is -2.37. The number of nitrogens with zero attached hydrogens (tertiary/aromatic N) is 3. The predicted octanol–water partition coefficient (Wildman–Crippen LogP) is 6.03. The third-order valence-electron chi connectivity index (χ3n) is 7.54. The van der Waals surface area contributed by atoms with Crippen LogP contribution in [0.3, 0.4) is 0 Å². The van der Waals surface area contributed by atoms with Gasteiger partial charge in [-0.05, 0) is 53.7 Å². The summed E-state index contributed by atoms with van der Waals surface area (Å²) in [4.78, 5) is 16.3. The summed E-state index contributed by atoms with van der Waals surface area (Å²) in [5.74, 6) is 0.307. The van der Waals surface area contributed by atoms with Crippen LogP contribution in [0.5, 0.6) is 0 Å². The minimum Gasteiger partial charge on any atom is -0.469 e. The van der Waals surface area contributed by atoms with Crippen LogP contribution in [0.2, 0.25) is 0 Å². The summed E-state index contributed by atoms with van der Waals surface area (Å²) in [7, 11) is 0. The first kappa shape index (κ1) is 21.2. The van der Waals surface area contributed by atoms with E-state index in [2.05, 4.69) is 35.2 Å². The number of rotatable bonds is 5. The molecule has 3 aromatic rings. The molecule has 3 heterocycles. The molecule has 1 saturated carbocycles. The molecule has 2 aliphatic heterocycles. The number of carbonyl (C=O) groups is 1. The Labute approximate surface area is 204 Å². The Bertz CT molecular complexity index is 1400. The van der Waals surface area contributed by atoms with Crippen molar-refractivity contribution in [2.45, 2.75) is 30.8 Å². The molecule has 4 atom stereocenters. The van der Waals surface area contributed by atoms with Gasteiger partial charge < -0.3 is 9.32 Å². The number of hydrogen-bond donors (Lipinski definition) is 0. The van der Waals surface area contributed by atoms with Gasteiger partial charge in [-0.2, -0.15) is 10.5 Å². The van der Waals surface area contributed by atoms with Crippen molar-refractivity contribution >= 4 is 11.9 Å². The van der Waals surface area contributed by atoms with Gasteiger partial charge in [-0.1, -0.05) is 54.6 Å². The monoisotopic (exact) mass is 457 g/mol. The fourth-order valence-corrected chi connectivity index (χ4v) is 6.01. The molecule has 0 amide bonds. The number of nitriles is 2. The molecule has 1 saturated heterocycles. The largest absolute Gasteiger partial charge is 0.469 e. The van der Waals surface area contributed by atoms with Gasteiger partial charge in [-0.15, -0.1) is 0 Å². The maximum absolute atomic E-state index is 14.1. The van der Waals surface area contributed by atoms with Crippen LogP contribution in [-0.2, 0) is 0 Å². The van der Waals surface area contributed by atoms with E-state index in [0.29, 0.717) is 11.3 Å². The molecular weight excluding hydrogens is 434 g/mol. The minimum absolute atomic E-state index is 0.00847. The third-order valence-corrected chi connectivity index (χ3v) is 7.54. The average Bonchev–Trinajstić information content (AvgIpc) is 3.48. The van der Waals surface area contributed by atoms with Crippen LogP contribution in [0.25, 0.3) is 6.08 Å². The topological polar surface area (TPSA) is 81.0 Å². The van der Waals surface area contributed by atoms with Gasteiger partial charge in [-0.25, -0.2) is 0 Å². The molecule has 1 aromatic heterocycles. The Morgan fingerprint density at radius 2 is 1.69 bits per heavy atom. The van der Waals surface area contributed by atoms with Gasteiger partial charge in [-0.3, -0.25) is 4.79 Å². The van der Waals surface area contributed by atoms with Crippen LogP contribution >= 0.6 is 0 Å². The lowest BCUT2D eigenvalue weighted by molar-refractivity contribution is 0.0870. The van der Waals surface area contributed by atoms with E-state index in [1.807, 2.05) is 60.8 Å². The van der Waals surface area contributed by atoms with E-state index in [9.17, 15) is 15.3 Å². The molecule has 0 bridgehead atoms. The van der Waals surface area contributed by atoms with Gasteiger partial charge in [0.25, 0.3) is 0 Å². The smallest absolute Gasteiger partial charge is 0.185 e. The Hall–Kier alpha value is -4.35. The lowest BCUT2D eigenvalue weighted by atomic mass is 9.73. The molecule has 3 aliphatic rings. The number of carbonyl (C=O) groups excluding carboxylic acids is 1. The van der Waals surface area contributed by atoms with Crippen LogP contribution in [0.15, 0.2) is 94.8 Å². The maximum atomic E-state index is 14.1. The van der Waals surface area contributed by atoms with Crippen molar-refractivity contribution in [3.8, 4) is 12.1 Å². The molecule has 170 valence electrons. The highest BCUT2D eigenvalue weighted by Gasteiger charge is 2.57. The molecule has 2 aromatic carbocycles. The van der Waals surface area contributed by atoms with E-state index in [-0.39, 0.29) is 35.2 Å². The lowest BCUT2D eigenvalue weighted by Gasteiger charge is -2.35. The van der Waals surface area contributed by atoms with Gasteiger partial charge in [0.2, 0.25) is 0 Å². The van der Waals surface area contributed by atoms with Crippen LogP contribution in [0, 0.1) is 34.5 Å². The van der Waals surface area contributed by atoms with E-state index in [1.165, 1.54) is 0 Å². The molecule has 0 radical (unpaired) electrons. The number of fused-ring (bicyclic) bond motifs is 3. The van der Waals surface area contributed by atoms with Crippen LogP contribution in [0.4, 0.5) is 0 Å². The molecule has 0 N–H and O–H groups in total. The van der Waals surface area contributed by atoms with E-state index in [1.54, 1.807) is 6.26 Å². The highest BCUT2D eigenvalue weighted by Crippen LogP contribution is 2.59. The van der Waals surface area contributed by atoms with Crippen molar-refractivity contribution in [1.82, 2.24) is 4.90 Å². The summed E-state index contributed by atoms with van der Waals surface area (Å²) in [6, 6.07) is 24.9. The Balaban J connectivity index is 1.62. The molecule has 0 unspecified atom stereocenters. The fraction of sp³-hybridized carbons (Fsp3) is 0.233. The van der Waals surface area contributed by atoms with Crippen molar-refractivity contribution in [1.29, 1.82) is 10.5 Å². The first-order valence-electron chi connectivity index (χ1n) is 11.9. The standard InChI is InChI=1S/C30H23N3O2/c31-17-22(18-32)25(20-12-13-20)27-26(24-11-6-16-35-24)29(30(34)21-8-2-1-3-9-21)33-15-14-19-7-4-5-10-23(19)28(27)33/h1-11,14-16,20,26-29H,12-13H2/t26-,27-,28+,29-/m1/s1. The normalized spacial score (nSPS) is 24.1. The number of hydrogen-bond acceptors (Lipinski definition) is 5. The molecule has 6 rings (SSSR count). The maximum Gasteiger partial charge on any atom is 0.185 e. The quantitative estimate of drug-likeness (QED) is 0.345. The summed E-state index contributed by atoms with van der Waals surface area (Å²) in [6.07, 6.45) is 7.59. The van der Waals surface area contributed by atoms with Crippen LogP contribution in [0.1, 0.15) is 52.0 Å². The predicted molar refractivity (Wildman–Crippen MR) is 131 cm³/mol. The zero-order valence-corrected chi connectivity index (χ0v) is 19.0. The summed E-state index contributed by atoms with van der Waals surface area (Å²) < 4.78 is 5.96. The molecule has 5 nitrogen and oxygen atoms in total. The first-order chi connectivity index (χ1) is 17.2. The van der Waals surface area contributed by atoms with Crippen molar-refractivity contribution in [3.63, 3.8) is 0 Å². The zero-order valence-electron chi connectivity index (χ0n) is 19.0. The molecule has 35 heavy (non-hydrogen) atoms. The number of Topliss-reactive ketones (excluding diaryl/α,β-unsaturated/α-hetero) is 1. The minimum atomic E-state index is -0.532. The molecule has 1 aliphatic carbocycles. The second-order valence-corrected chi connectivity index (χ2v) is 9.41. The zero-order chi connectivity index (χ0) is 23.9. The van der Waals surface area contributed by atoms with E-state index in [0.717, 1.165) is 29.5 Å². The van der Waals surface area contributed by atoms with Crippen molar-refractivity contribution in [2.75, 3.05) is 0 Å². The second kappa shape index (κ2) is 8.46. The summed E-state index contributed by atoms with van der Waals surface area (Å²) in [6.45, 7) is 0. The fourth-order valence-electron chi connectivity index (χ4n) is 6.01. The van der Waals surface area contributed by atoms with Gasteiger partial charge in [0, 0.05) is 17.7 Å². The summed E-state index contributed by atoms with van der Waals surface area (Å²) in [5.41, 5.74) is 3.89. The van der Waals surface area contributed by atoms with Crippen LogP contribution < -0.4 is 0 Å². The van der Waals surface area contributed by atoms with Crippen molar-refractivity contribution in [2.24, 2.45) is 11.8 Å². The number of ketones is 1. The van der Waals surface area contributed by atoms with Gasteiger partial charge >= 0.3 is 0 Å². The van der Waals surface area contributed by atoms with E-state index in [4.69, 9.17) is 4.42 Å². The highest BCUT2D eigenvalue weighted by molar-refractivity contribution is 6.01. The number of furan rings is 1. The van der Waals surface area contributed by atoms with E-state index >= 15 is 0 Å². The van der Waals surface area contributed by atoms with Crippen LogP contribution in [-0.4, -0.2) is 16.7 Å². The van der Waals surface area contributed by atoms with E-state index < -0.39 is 6.04 Å². The van der Waals surface area contributed by atoms with Gasteiger partial charge in [0.05, 0.1) is 18.2 Å². The third kappa shape index (κ3) is 3.40. The molecule has 5 heteroatoms. The average molecular weight is 458 g/mol. The number of benzene rings is 2. The second-order valence-electron chi connectivity index (χ2n) is 9.41. The summed E-state index contributed by atoms with van der Waals surface area (Å²) in [5, 5.41) is 19.9. The Morgan fingerprint density at radius 3 is 2.37 bits per heavy atom. The highest BCUT2D eigenvalue weighted by atomic mass is 16.3. The number of allylic oxidation sites excluding steroid dienone is 1. The Kier molecular flexibility index (Phi) is 5.12. The summed E-state index contributed by atoms with van der Waals surface area (Å²) >= 11 is 0. The van der Waals surface area contributed by atoms with Gasteiger partial charge in [0.1, 0.15) is 29.5 Å². The SMILES string of the molecule is N#CC(C#N)=C(C1CC1)[C@@H]1[C@@H](c2ccco2)[C@H](C(=O)c2ccccc2)N2C=Cc3ccccc3[C@@H]12. The molecule has 0 spiro atoms. The molecular formula is C30H23N3O2. The Morgan fingerprint density at radius 1 is 0.943 bits per heavy atom. The van der Waals surface area contributed by atoms with Crippen molar-refractivity contribution < 1.29 is 9.21 Å². The first-order valence-corrected chi connectivity index (χ1v) is 11.9. The molecule has 2 fully saturated rings.